The summed E-state index contributed by atoms with van der Waals surface area (Å²) in [6.45, 7) is 5.51. The number of carboxylic acid groups (broad SMARTS) is 1. The molecule has 612 valence electrons. The van der Waals surface area contributed by atoms with E-state index in [9.17, 15) is 52.2 Å². The Labute approximate surface area is 703 Å². The average Bonchev–Trinajstić information content (AvgIpc) is 0.808. The number of ether oxygens (including phenoxy) is 3. The summed E-state index contributed by atoms with van der Waals surface area (Å²) in [5, 5.41) is 88.0. The van der Waals surface area contributed by atoms with E-state index in [2.05, 4.69) is 63.5 Å². The Morgan fingerprint density at radius 1 is 0.466 bits per heavy atom. The molecule has 5 amide bonds. The first-order chi connectivity index (χ1) is 56.4. The number of aromatic carboxylic acids is 1. The van der Waals surface area contributed by atoms with Crippen LogP contribution in [0.25, 0.3) is 0 Å². The maximum absolute atomic E-state index is 14.1. The molecule has 0 saturated carbocycles. The van der Waals surface area contributed by atoms with E-state index in [0.29, 0.717) is 80.1 Å². The fourth-order valence-electron chi connectivity index (χ4n) is 11.4. The molecule has 3 aliphatic heterocycles. The molecule has 6 heterocycles. The monoisotopic (exact) mass is 1730 g/mol. The van der Waals surface area contributed by atoms with Crippen molar-refractivity contribution in [3.63, 3.8) is 0 Å². The standard InChI is InChI=1S/C26H22BCl2FN5O5.C25H24Cl2FN5O4.C21H13BCl2FN4O5.C5H11NO/c28-17-5-6-18(30)22(29)21(17)23(27-9-12-36)40-20-13-19(33-34-24(20)31)25(38)32-15-3-1-14(2-4-15)26(39)35-10-7-16(37)8-11-35;1-13(21-17(26)6-7-18(28)22(21)27)37-20-12-19(31-32-23(20)29)24(35)30-15-4-2-14(3-5-15)25(36)33-10-8-16(34)9-11-33;23-12-5-6-13(25)17(24)16(12)18(22-7-8-30)34-15-9-14(28-29-19(15)26)20(31)27-11-3-1-10(2-4-11)21(32)33;7-5-1-3-6-4-2-5/h1-6,13,16,23,36-37H,7-8,10-11H2,(H2,31,34)(H,32,38);2-7,12-13,16,34H,8-11H2,1H3,(H2,29,32)(H,30,35);1-6,9,18,30H,(H2,26,29)(H,27,31)(H,32,33);5-7H,1-4H2/t23-;13-;18-;/m010./s1. The molecule has 0 aliphatic carbocycles. The lowest BCUT2D eigenvalue weighted by atomic mass is 9.69. The van der Waals surface area contributed by atoms with Crippen molar-refractivity contribution in [1.29, 1.82) is 0 Å². The zero-order chi connectivity index (χ0) is 85.4. The fourth-order valence-corrected chi connectivity index (χ4v) is 13.2. The second-order valence-corrected chi connectivity index (χ2v) is 28.2. The highest BCUT2D eigenvalue weighted by Crippen LogP contribution is 2.40. The summed E-state index contributed by atoms with van der Waals surface area (Å²) >= 11 is 36.8. The van der Waals surface area contributed by atoms with Crippen molar-refractivity contribution in [3.8, 4) is 41.1 Å². The minimum atomic E-state index is -1.21. The van der Waals surface area contributed by atoms with Crippen LogP contribution in [-0.4, -0.2) is 179 Å². The van der Waals surface area contributed by atoms with E-state index in [-0.39, 0.29) is 134 Å². The van der Waals surface area contributed by atoms with Gasteiger partial charge in [-0.1, -0.05) is 69.6 Å². The molecule has 3 fully saturated rings. The normalized spacial score (nSPS) is 14.1. The van der Waals surface area contributed by atoms with Gasteiger partial charge >= 0.3 is 5.97 Å². The van der Waals surface area contributed by atoms with Crippen LogP contribution in [0.1, 0.15) is 143 Å². The van der Waals surface area contributed by atoms with Gasteiger partial charge in [0.25, 0.3) is 44.1 Å². The Morgan fingerprint density at radius 3 is 1.08 bits per heavy atom. The average molecular weight is 1740 g/mol. The van der Waals surface area contributed by atoms with Crippen LogP contribution in [0, 0.1) is 41.3 Å². The number of benzene rings is 6. The van der Waals surface area contributed by atoms with Gasteiger partial charge in [0.05, 0.1) is 51.2 Å². The van der Waals surface area contributed by atoms with Gasteiger partial charge in [-0.2, -0.15) is 0 Å². The first kappa shape index (κ1) is 90.3. The van der Waals surface area contributed by atoms with Gasteiger partial charge in [-0.15, -0.1) is 42.2 Å². The van der Waals surface area contributed by atoms with Crippen molar-refractivity contribution in [2.24, 2.45) is 0 Å². The van der Waals surface area contributed by atoms with Crippen LogP contribution >= 0.6 is 69.6 Å². The third kappa shape index (κ3) is 24.7. The van der Waals surface area contributed by atoms with Gasteiger partial charge in [0.1, 0.15) is 35.6 Å². The number of carbonyl (C=O) groups excluding carboxylic acids is 5. The van der Waals surface area contributed by atoms with Crippen molar-refractivity contribution in [2.45, 2.75) is 81.9 Å². The largest absolute Gasteiger partial charge is 0.490 e. The summed E-state index contributed by atoms with van der Waals surface area (Å²) in [6, 6.07) is 26.6. The summed E-state index contributed by atoms with van der Waals surface area (Å²) in [6.07, 6.45) is 5.78. The first-order valence-electron chi connectivity index (χ1n) is 35.5. The molecule has 30 nitrogen and oxygen atoms in total. The molecular weight excluding hydrogens is 1670 g/mol. The number of nitrogens with one attached hydrogen (secondary N) is 4. The van der Waals surface area contributed by atoms with Crippen molar-refractivity contribution in [1.82, 2.24) is 45.7 Å². The molecule has 12 rings (SSSR count). The van der Waals surface area contributed by atoms with Gasteiger partial charge in [-0.05, 0) is 168 Å². The topological polar surface area (TPSA) is 461 Å². The number of nitrogens with zero attached hydrogens (tertiary/aromatic N) is 8. The molecule has 118 heavy (non-hydrogen) atoms. The third-order valence-electron chi connectivity index (χ3n) is 17.7. The highest BCUT2D eigenvalue weighted by Gasteiger charge is 2.30. The lowest BCUT2D eigenvalue weighted by molar-refractivity contribution is 0.0537. The van der Waals surface area contributed by atoms with E-state index in [1.807, 2.05) is 0 Å². The second-order valence-electron chi connectivity index (χ2n) is 25.8. The minimum Gasteiger partial charge on any atom is -0.490 e. The first-order valence-corrected chi connectivity index (χ1v) is 37.8. The summed E-state index contributed by atoms with van der Waals surface area (Å²) in [7, 11) is 2.32. The molecular formula is C77H70B2Cl6F3N15O15. The van der Waals surface area contributed by atoms with Crippen LogP contribution in [0.3, 0.4) is 0 Å². The number of halogens is 9. The number of nitrogen functional groups attached to an aromatic ring is 3. The number of anilines is 6. The number of aromatic nitrogens is 6. The summed E-state index contributed by atoms with van der Waals surface area (Å²) in [5.74, 6) is -1.65. The van der Waals surface area contributed by atoms with Crippen molar-refractivity contribution >= 4 is 154 Å². The number of amides is 5. The van der Waals surface area contributed by atoms with E-state index < -0.39 is 59.3 Å². The number of aliphatic hydroxyl groups is 5. The minimum absolute atomic E-state index is 0.00631. The fraction of sp³-hybridized carbons (Fsp3) is 0.247. The molecule has 3 saturated heterocycles. The maximum Gasteiger partial charge on any atom is 0.335 e. The number of hydrogen-bond donors (Lipinski definition) is 13. The van der Waals surface area contributed by atoms with Crippen LogP contribution in [0.2, 0.25) is 30.1 Å². The van der Waals surface area contributed by atoms with E-state index in [1.54, 1.807) is 77.5 Å². The molecule has 3 atom stereocenters. The number of nitrogens with two attached hydrogens (primary N) is 3. The van der Waals surface area contributed by atoms with Crippen LogP contribution in [0.5, 0.6) is 17.2 Å². The van der Waals surface area contributed by atoms with Gasteiger partial charge in [0.2, 0.25) is 0 Å². The van der Waals surface area contributed by atoms with E-state index in [1.165, 1.54) is 67.9 Å². The Morgan fingerprint density at radius 2 is 0.771 bits per heavy atom. The van der Waals surface area contributed by atoms with Crippen molar-refractivity contribution < 1.29 is 86.8 Å². The summed E-state index contributed by atoms with van der Waals surface area (Å²) < 4.78 is 59.5. The Hall–Kier alpha value is -11.6. The lowest BCUT2D eigenvalue weighted by Gasteiger charge is -2.29. The highest BCUT2D eigenvalue weighted by atomic mass is 35.5. The molecule has 0 unspecified atom stereocenters. The predicted octanol–water partition coefficient (Wildman–Crippen LogP) is 11.2. The zero-order valence-corrected chi connectivity index (χ0v) is 66.3. The van der Waals surface area contributed by atoms with Crippen LogP contribution in [0.4, 0.5) is 47.7 Å². The van der Waals surface area contributed by atoms with Gasteiger partial charge in [0.15, 0.2) is 51.8 Å². The number of hydrogen-bond acceptors (Lipinski definition) is 24. The number of carboxylic acids is 1. The maximum atomic E-state index is 14.1. The predicted molar refractivity (Wildman–Crippen MR) is 436 cm³/mol. The van der Waals surface area contributed by atoms with Crippen LogP contribution in [0.15, 0.2) is 127 Å². The highest BCUT2D eigenvalue weighted by molar-refractivity contribution is 6.49. The number of aliphatic hydroxyl groups excluding tert-OH is 5. The SMILES string of the molecule is C[C@@H](Oc1cc(C(=O)Nc2ccc(C(=O)N3CCC(O)CC3)cc2)nnc1N)c1c(Cl)ccc(F)c1Cl.Nc1nnc(C(=O)Nc2ccc(C(=O)N3CCC(O)CC3)cc2)cc1O[C@H]([B]C#CO)c1c(Cl)ccc(F)c1Cl.Nc1nnc(C(=O)Nc2ccc(C(=O)O)cc2)cc1O[C@H]([B]C#CO)c1c(Cl)ccc(F)c1Cl.OC1CCNCC1. The molecule has 9 aromatic rings. The summed E-state index contributed by atoms with van der Waals surface area (Å²) in [5.41, 5.74) is 19.5. The molecule has 16 N–H and O–H groups in total. The third-order valence-corrected chi connectivity index (χ3v) is 19.8. The quantitative estimate of drug-likeness (QED) is 0.0191. The lowest BCUT2D eigenvalue weighted by Crippen LogP contribution is -2.40. The van der Waals surface area contributed by atoms with Crippen LogP contribution in [-0.2, 0) is 0 Å². The Balaban J connectivity index is 0.000000194. The van der Waals surface area contributed by atoms with Gasteiger partial charge in [0, 0.05) is 104 Å². The molecule has 6 aromatic carbocycles. The molecule has 0 spiro atoms. The van der Waals surface area contributed by atoms with Crippen molar-refractivity contribution in [2.75, 3.05) is 72.4 Å². The Kier molecular flexibility index (Phi) is 32.9. The van der Waals surface area contributed by atoms with E-state index in [4.69, 9.17) is 121 Å². The van der Waals surface area contributed by atoms with Crippen LogP contribution < -0.4 is 52.7 Å². The van der Waals surface area contributed by atoms with Gasteiger partial charge in [-0.3, -0.25) is 24.0 Å². The number of likely N-dealkylation sites (tertiary alicyclic amines) is 2. The zero-order valence-electron chi connectivity index (χ0n) is 61.8. The Bertz CT molecular complexity index is 5260. The molecule has 2 radical (unpaired) electrons. The number of rotatable bonds is 20. The molecule has 0 bridgehead atoms. The molecule has 3 aromatic heterocycles. The second kappa shape index (κ2) is 43.0. The summed E-state index contributed by atoms with van der Waals surface area (Å²) in [4.78, 5) is 77.9. The smallest absolute Gasteiger partial charge is 0.335 e. The number of carbonyl (C=O) groups is 6. The number of piperidine rings is 3. The van der Waals surface area contributed by atoms with Gasteiger partial charge < -0.3 is 93.1 Å². The van der Waals surface area contributed by atoms with Gasteiger partial charge in [-0.25, -0.2) is 18.0 Å². The van der Waals surface area contributed by atoms with E-state index >= 15 is 0 Å². The van der Waals surface area contributed by atoms with E-state index in [0.717, 1.165) is 51.4 Å². The molecule has 3 aliphatic rings. The molecule has 41 heteroatoms. The van der Waals surface area contributed by atoms with Crippen molar-refractivity contribution in [3.05, 3.63) is 225 Å².